The van der Waals surface area contributed by atoms with Crippen LogP contribution in [0.5, 0.6) is 5.75 Å². The van der Waals surface area contributed by atoms with E-state index in [-0.39, 0.29) is 17.9 Å². The summed E-state index contributed by atoms with van der Waals surface area (Å²) in [7, 11) is 0. The van der Waals surface area contributed by atoms with Crippen LogP contribution in [0.1, 0.15) is 45.7 Å². The second-order valence-corrected chi connectivity index (χ2v) is 8.46. The maximum atomic E-state index is 12.9. The Morgan fingerprint density at radius 1 is 1.14 bits per heavy atom. The van der Waals surface area contributed by atoms with Gasteiger partial charge in [0.1, 0.15) is 12.4 Å². The Labute approximate surface area is 172 Å². The number of thiophene rings is 1. The zero-order chi connectivity index (χ0) is 20.0. The highest BCUT2D eigenvalue weighted by molar-refractivity contribution is 7.17. The molecule has 1 atom stereocenters. The van der Waals surface area contributed by atoms with Crippen molar-refractivity contribution in [3.05, 3.63) is 70.1 Å². The van der Waals surface area contributed by atoms with Crippen LogP contribution in [0.4, 0.5) is 5.69 Å². The van der Waals surface area contributed by atoms with E-state index in [0.717, 1.165) is 45.0 Å². The average Bonchev–Trinajstić information content (AvgIpc) is 3.18. The Balaban J connectivity index is 1.35. The van der Waals surface area contributed by atoms with Crippen LogP contribution >= 0.6 is 11.3 Å². The second-order valence-electron chi connectivity index (χ2n) is 7.41. The summed E-state index contributed by atoms with van der Waals surface area (Å²) in [5.41, 5.74) is 5.11. The number of para-hydroxylation sites is 1. The number of rotatable bonds is 3. The summed E-state index contributed by atoms with van der Waals surface area (Å²) in [6, 6.07) is 15.7. The van der Waals surface area contributed by atoms with Crippen molar-refractivity contribution in [3.8, 4) is 16.2 Å². The Morgan fingerprint density at radius 3 is 2.90 bits per heavy atom. The summed E-state index contributed by atoms with van der Waals surface area (Å²) in [4.78, 5) is 26.2. The molecule has 0 radical (unpaired) electrons. The molecule has 0 aliphatic carbocycles. The standard InChI is InChI=1S/C23H20N2O3S/c1-13(14-6-8-18-15(10-14)7-9-21(26)25-18)24-23(27)20-11-16-12-28-19-5-3-2-4-17(19)22(16)29-20/h2-6,8,10-11,13H,7,9,12H2,1H3,(H,24,27)(H,25,26). The molecule has 2 aromatic carbocycles. The first-order valence-electron chi connectivity index (χ1n) is 9.67. The topological polar surface area (TPSA) is 67.4 Å². The van der Waals surface area contributed by atoms with Gasteiger partial charge in [-0.1, -0.05) is 24.3 Å². The maximum Gasteiger partial charge on any atom is 0.261 e. The Morgan fingerprint density at radius 2 is 2.00 bits per heavy atom. The highest BCUT2D eigenvalue weighted by atomic mass is 32.1. The van der Waals surface area contributed by atoms with Crippen molar-refractivity contribution in [1.82, 2.24) is 5.32 Å². The number of amides is 2. The third kappa shape index (κ3) is 3.29. The normalized spacial score (nSPS) is 15.3. The fraction of sp³-hybridized carbons (Fsp3) is 0.217. The lowest BCUT2D eigenvalue weighted by molar-refractivity contribution is -0.116. The number of hydrogen-bond acceptors (Lipinski definition) is 4. The van der Waals surface area contributed by atoms with E-state index in [4.69, 9.17) is 4.74 Å². The van der Waals surface area contributed by atoms with Gasteiger partial charge < -0.3 is 15.4 Å². The van der Waals surface area contributed by atoms with Gasteiger partial charge in [0.25, 0.3) is 5.91 Å². The lowest BCUT2D eigenvalue weighted by atomic mass is 9.98. The summed E-state index contributed by atoms with van der Waals surface area (Å²) in [6.45, 7) is 2.47. The Hall–Kier alpha value is -3.12. The molecule has 29 heavy (non-hydrogen) atoms. The number of carbonyl (C=O) groups excluding carboxylic acids is 2. The van der Waals surface area contributed by atoms with Gasteiger partial charge in [0.05, 0.1) is 10.9 Å². The van der Waals surface area contributed by atoms with Crippen LogP contribution in [0.3, 0.4) is 0 Å². The fourth-order valence-electron chi connectivity index (χ4n) is 3.84. The molecule has 146 valence electrons. The van der Waals surface area contributed by atoms with Gasteiger partial charge in [-0.15, -0.1) is 11.3 Å². The van der Waals surface area contributed by atoms with E-state index in [0.29, 0.717) is 17.9 Å². The lowest BCUT2D eigenvalue weighted by Crippen LogP contribution is -2.26. The van der Waals surface area contributed by atoms with Gasteiger partial charge in [-0.25, -0.2) is 0 Å². The SMILES string of the molecule is CC(NC(=O)c1cc2c(s1)-c1ccccc1OC2)c1ccc2c(c1)CCC(=O)N2. The second kappa shape index (κ2) is 7.04. The minimum absolute atomic E-state index is 0.0545. The van der Waals surface area contributed by atoms with Crippen LogP contribution in [-0.2, 0) is 17.8 Å². The molecule has 2 aliphatic rings. The van der Waals surface area contributed by atoms with Crippen molar-refractivity contribution in [3.63, 3.8) is 0 Å². The van der Waals surface area contributed by atoms with Gasteiger partial charge in [-0.2, -0.15) is 0 Å². The molecular weight excluding hydrogens is 384 g/mol. The first kappa shape index (κ1) is 17.9. The zero-order valence-corrected chi connectivity index (χ0v) is 16.8. The summed E-state index contributed by atoms with van der Waals surface area (Å²) in [5, 5.41) is 6.00. The predicted molar refractivity (Wildman–Crippen MR) is 113 cm³/mol. The minimum atomic E-state index is -0.131. The van der Waals surface area contributed by atoms with Gasteiger partial charge in [-0.3, -0.25) is 9.59 Å². The molecule has 2 amide bonds. The molecular formula is C23H20N2O3S. The summed E-state index contributed by atoms with van der Waals surface area (Å²) in [6.07, 6.45) is 1.23. The molecule has 3 heterocycles. The van der Waals surface area contributed by atoms with Gasteiger partial charge in [0.15, 0.2) is 0 Å². The number of nitrogens with one attached hydrogen (secondary N) is 2. The number of aryl methyl sites for hydroxylation is 1. The van der Waals surface area contributed by atoms with Crippen molar-refractivity contribution >= 4 is 28.8 Å². The molecule has 2 aliphatic heterocycles. The average molecular weight is 404 g/mol. The molecule has 0 fully saturated rings. The number of carbonyl (C=O) groups is 2. The van der Waals surface area contributed by atoms with Crippen molar-refractivity contribution in [1.29, 1.82) is 0 Å². The third-order valence-electron chi connectivity index (χ3n) is 5.42. The fourth-order valence-corrected chi connectivity index (χ4v) is 4.94. The van der Waals surface area contributed by atoms with Gasteiger partial charge in [0.2, 0.25) is 5.91 Å². The van der Waals surface area contributed by atoms with E-state index >= 15 is 0 Å². The number of ether oxygens (including phenoxy) is 1. The van der Waals surface area contributed by atoms with E-state index < -0.39 is 0 Å². The monoisotopic (exact) mass is 404 g/mol. The molecule has 6 heteroatoms. The lowest BCUT2D eigenvalue weighted by Gasteiger charge is -2.20. The van der Waals surface area contributed by atoms with E-state index in [1.165, 1.54) is 11.3 Å². The maximum absolute atomic E-state index is 12.9. The van der Waals surface area contributed by atoms with Gasteiger partial charge in [-0.05, 0) is 48.7 Å². The zero-order valence-electron chi connectivity index (χ0n) is 16.0. The van der Waals surface area contributed by atoms with Crippen molar-refractivity contribution in [2.75, 3.05) is 5.32 Å². The van der Waals surface area contributed by atoms with Crippen LogP contribution in [0.2, 0.25) is 0 Å². The summed E-state index contributed by atoms with van der Waals surface area (Å²) in [5.74, 6) is 0.836. The summed E-state index contributed by atoms with van der Waals surface area (Å²) < 4.78 is 5.80. The van der Waals surface area contributed by atoms with Gasteiger partial charge >= 0.3 is 0 Å². The van der Waals surface area contributed by atoms with Crippen molar-refractivity contribution in [2.45, 2.75) is 32.4 Å². The predicted octanol–water partition coefficient (Wildman–Crippen LogP) is 4.68. The first-order chi connectivity index (χ1) is 14.1. The highest BCUT2D eigenvalue weighted by Gasteiger charge is 2.23. The number of benzene rings is 2. The molecule has 5 rings (SSSR count). The minimum Gasteiger partial charge on any atom is -0.488 e. The number of fused-ring (bicyclic) bond motifs is 4. The Kier molecular flexibility index (Phi) is 4.36. The van der Waals surface area contributed by atoms with Crippen LogP contribution in [0, 0.1) is 0 Å². The molecule has 2 N–H and O–H groups in total. The molecule has 3 aromatic rings. The van der Waals surface area contributed by atoms with Crippen molar-refractivity contribution in [2.24, 2.45) is 0 Å². The van der Waals surface area contributed by atoms with E-state index in [1.807, 2.05) is 49.4 Å². The van der Waals surface area contributed by atoms with E-state index in [1.54, 1.807) is 0 Å². The number of anilines is 1. The molecule has 5 nitrogen and oxygen atoms in total. The smallest absolute Gasteiger partial charge is 0.261 e. The van der Waals surface area contributed by atoms with Crippen LogP contribution in [0.15, 0.2) is 48.5 Å². The Bertz CT molecular complexity index is 1130. The molecule has 1 aromatic heterocycles. The van der Waals surface area contributed by atoms with E-state index in [9.17, 15) is 9.59 Å². The number of hydrogen-bond donors (Lipinski definition) is 2. The van der Waals surface area contributed by atoms with E-state index in [2.05, 4.69) is 16.7 Å². The van der Waals surface area contributed by atoms with Crippen LogP contribution < -0.4 is 15.4 Å². The largest absolute Gasteiger partial charge is 0.488 e. The summed E-state index contributed by atoms with van der Waals surface area (Å²) >= 11 is 1.51. The highest BCUT2D eigenvalue weighted by Crippen LogP contribution is 2.42. The molecule has 0 saturated carbocycles. The molecule has 0 bridgehead atoms. The molecule has 0 spiro atoms. The third-order valence-corrected chi connectivity index (χ3v) is 6.63. The van der Waals surface area contributed by atoms with Crippen LogP contribution in [-0.4, -0.2) is 11.8 Å². The molecule has 1 unspecified atom stereocenters. The van der Waals surface area contributed by atoms with Crippen LogP contribution in [0.25, 0.3) is 10.4 Å². The first-order valence-corrected chi connectivity index (χ1v) is 10.5. The molecule has 0 saturated heterocycles. The van der Waals surface area contributed by atoms with Crippen molar-refractivity contribution < 1.29 is 14.3 Å². The van der Waals surface area contributed by atoms with Gasteiger partial charge in [0, 0.05) is 28.1 Å². The quantitative estimate of drug-likeness (QED) is 0.666.